The highest BCUT2D eigenvalue weighted by Crippen LogP contribution is 2.45. The third-order valence-corrected chi connectivity index (χ3v) is 7.61. The van der Waals surface area contributed by atoms with Gasteiger partial charge in [-0.05, 0) is 23.8 Å². The molecule has 2 N–H and O–H groups in total. The smallest absolute Gasteiger partial charge is 0.332 e. The van der Waals surface area contributed by atoms with Gasteiger partial charge in [-0.2, -0.15) is 0 Å². The number of ether oxygens (including phenoxy) is 2. The Morgan fingerprint density at radius 2 is 1.97 bits per heavy atom. The molecule has 6 rings (SSSR count). The Morgan fingerprint density at radius 1 is 1.18 bits per heavy atom. The lowest BCUT2D eigenvalue weighted by Gasteiger charge is -2.27. The summed E-state index contributed by atoms with van der Waals surface area (Å²) < 4.78 is 10.7. The molecule has 1 fully saturated rings. The van der Waals surface area contributed by atoms with Crippen LogP contribution in [0.5, 0.6) is 5.75 Å². The van der Waals surface area contributed by atoms with E-state index in [1.807, 2.05) is 24.3 Å². The summed E-state index contributed by atoms with van der Waals surface area (Å²) in [7, 11) is 7.46. The van der Waals surface area contributed by atoms with Crippen molar-refractivity contribution >= 4 is 69.7 Å². The van der Waals surface area contributed by atoms with Gasteiger partial charge in [0.25, 0.3) is 5.91 Å². The third-order valence-electron chi connectivity index (χ3n) is 6.52. The molecule has 4 aromatic rings. The Labute approximate surface area is 224 Å². The molecule has 2 aliphatic heterocycles. The first kappa shape index (κ1) is 24.3. The van der Waals surface area contributed by atoms with Crippen LogP contribution < -0.4 is 25.7 Å². The molecule has 2 aliphatic rings. The first-order valence-electron chi connectivity index (χ1n) is 12.0. The molecule has 0 atom stereocenters. The van der Waals surface area contributed by atoms with Crippen LogP contribution in [0.25, 0.3) is 10.2 Å². The Kier molecular flexibility index (Phi) is 6.44. The second kappa shape index (κ2) is 10.0. The number of anilines is 4. The van der Waals surface area contributed by atoms with Crippen LogP contribution in [-0.4, -0.2) is 68.1 Å². The first-order valence-corrected chi connectivity index (χ1v) is 12.9. The topological polar surface area (TPSA) is 109 Å². The molecule has 0 saturated carbocycles. The Balaban J connectivity index is 1.27. The monoisotopic (exact) mass is 526 g/mol. The van der Waals surface area contributed by atoms with Crippen molar-refractivity contribution in [3.8, 4) is 5.75 Å². The third kappa shape index (κ3) is 4.47. The van der Waals surface area contributed by atoms with E-state index in [2.05, 4.69) is 25.5 Å². The lowest BCUT2D eigenvalue weighted by Crippen LogP contribution is -2.35. The molecule has 0 bridgehead atoms. The van der Waals surface area contributed by atoms with Gasteiger partial charge in [0.05, 0.1) is 37.1 Å². The molecule has 1 saturated heterocycles. The van der Waals surface area contributed by atoms with E-state index in [0.717, 1.165) is 38.4 Å². The van der Waals surface area contributed by atoms with E-state index >= 15 is 0 Å². The average Bonchev–Trinajstić information content (AvgIpc) is 3.30. The van der Waals surface area contributed by atoms with Gasteiger partial charge in [0, 0.05) is 31.4 Å². The van der Waals surface area contributed by atoms with Gasteiger partial charge >= 0.3 is 6.03 Å². The largest absolute Gasteiger partial charge is 0.497 e. The van der Waals surface area contributed by atoms with Crippen molar-refractivity contribution in [2.75, 3.05) is 48.9 Å². The SMILES string of the molecule is [B]c1ccc(N2C(=O)Nc3c(C(=O)Nc4ccc(CN5CCOCC5)cc4)sc4ncnc2c34)cc1OC. The van der Waals surface area contributed by atoms with Crippen LogP contribution in [0.1, 0.15) is 15.2 Å². The summed E-state index contributed by atoms with van der Waals surface area (Å²) >= 11 is 1.20. The first-order chi connectivity index (χ1) is 18.5. The number of thiophene rings is 1. The summed E-state index contributed by atoms with van der Waals surface area (Å²) in [5, 5.41) is 6.40. The number of morpholine rings is 1. The van der Waals surface area contributed by atoms with Gasteiger partial charge in [-0.3, -0.25) is 9.69 Å². The number of aromatic nitrogens is 2. The maximum absolute atomic E-state index is 13.3. The highest BCUT2D eigenvalue weighted by atomic mass is 32.1. The van der Waals surface area contributed by atoms with Gasteiger partial charge in [-0.1, -0.05) is 23.7 Å². The molecule has 0 aliphatic carbocycles. The van der Waals surface area contributed by atoms with Crippen LogP contribution in [0.2, 0.25) is 0 Å². The molecular weight excluding hydrogens is 503 g/mol. The number of methoxy groups -OCH3 is 1. The van der Waals surface area contributed by atoms with Gasteiger partial charge in [0.1, 0.15) is 29.6 Å². The Morgan fingerprint density at radius 3 is 2.74 bits per heavy atom. The number of benzene rings is 2. The van der Waals surface area contributed by atoms with E-state index in [9.17, 15) is 9.59 Å². The second-order valence-electron chi connectivity index (χ2n) is 8.91. The minimum Gasteiger partial charge on any atom is -0.497 e. The Hall–Kier alpha value is -4.00. The zero-order chi connectivity index (χ0) is 26.2. The molecule has 38 heavy (non-hydrogen) atoms. The predicted octanol–water partition coefficient (Wildman–Crippen LogP) is 3.26. The standard InChI is InChI=1S/C26H23BN6O4S/c1-36-19-12-17(6-7-18(19)27)33-23-20-21(31-26(33)35)22(38-25(20)29-14-28-23)24(34)30-16-4-2-15(3-5-16)13-32-8-10-37-11-9-32/h2-7,12,14H,8-11,13H2,1H3,(H,30,34)(H,31,35). The number of carbonyl (C=O) groups excluding carboxylic acids is 2. The fourth-order valence-corrected chi connectivity index (χ4v) is 5.59. The molecular formula is C26H23BN6O4S. The quantitative estimate of drug-likeness (QED) is 0.372. The predicted molar refractivity (Wildman–Crippen MR) is 147 cm³/mol. The van der Waals surface area contributed by atoms with Crippen LogP contribution in [0.15, 0.2) is 48.8 Å². The van der Waals surface area contributed by atoms with E-state index in [1.165, 1.54) is 29.7 Å². The lowest BCUT2D eigenvalue weighted by atomic mass is 9.94. The highest BCUT2D eigenvalue weighted by Gasteiger charge is 2.34. The van der Waals surface area contributed by atoms with Crippen LogP contribution in [0.3, 0.4) is 0 Å². The van der Waals surface area contributed by atoms with Crippen LogP contribution >= 0.6 is 11.3 Å². The van der Waals surface area contributed by atoms with Gasteiger partial charge in [-0.25, -0.2) is 19.7 Å². The van der Waals surface area contributed by atoms with E-state index in [4.69, 9.17) is 17.3 Å². The fourth-order valence-electron chi connectivity index (χ4n) is 4.60. The van der Waals surface area contributed by atoms with Crippen molar-refractivity contribution in [1.29, 1.82) is 0 Å². The van der Waals surface area contributed by atoms with E-state index in [0.29, 0.717) is 49.2 Å². The zero-order valence-electron chi connectivity index (χ0n) is 20.6. The van der Waals surface area contributed by atoms with Gasteiger partial charge in [-0.15, -0.1) is 11.3 Å². The molecule has 2 radical (unpaired) electrons. The average molecular weight is 526 g/mol. The molecule has 4 heterocycles. The molecule has 0 unspecified atom stereocenters. The summed E-state index contributed by atoms with van der Waals surface area (Å²) in [5.74, 6) is 0.480. The number of rotatable bonds is 6. The minimum absolute atomic E-state index is 0.335. The number of nitrogens with one attached hydrogen (secondary N) is 2. The molecule has 2 aromatic heterocycles. The van der Waals surface area contributed by atoms with Crippen molar-refractivity contribution in [3.63, 3.8) is 0 Å². The second-order valence-corrected chi connectivity index (χ2v) is 9.91. The summed E-state index contributed by atoms with van der Waals surface area (Å²) in [6.45, 7) is 4.16. The maximum Gasteiger partial charge on any atom is 0.332 e. The number of hydrogen-bond acceptors (Lipinski definition) is 8. The number of carbonyl (C=O) groups is 2. The van der Waals surface area contributed by atoms with Gasteiger partial charge < -0.3 is 20.1 Å². The summed E-state index contributed by atoms with van der Waals surface area (Å²) in [5.41, 5.74) is 3.19. The fraction of sp³-hybridized carbons (Fsp3) is 0.231. The number of urea groups is 1. The molecule has 12 heteroatoms. The van der Waals surface area contributed by atoms with Crippen molar-refractivity contribution in [1.82, 2.24) is 14.9 Å². The van der Waals surface area contributed by atoms with E-state index in [1.54, 1.807) is 18.2 Å². The minimum atomic E-state index is -0.454. The molecule has 3 amide bonds. The number of hydrogen-bond donors (Lipinski definition) is 2. The van der Waals surface area contributed by atoms with Crippen molar-refractivity contribution in [2.24, 2.45) is 0 Å². The maximum atomic E-state index is 13.3. The van der Waals surface area contributed by atoms with Gasteiger partial charge in [0.15, 0.2) is 5.82 Å². The van der Waals surface area contributed by atoms with Crippen LogP contribution in [0, 0.1) is 0 Å². The Bertz CT molecular complexity index is 1540. The highest BCUT2D eigenvalue weighted by molar-refractivity contribution is 7.21. The number of nitrogens with zero attached hydrogens (tertiary/aromatic N) is 4. The molecule has 2 aromatic carbocycles. The molecule has 10 nitrogen and oxygen atoms in total. The summed E-state index contributed by atoms with van der Waals surface area (Å²) in [6, 6.07) is 12.3. The van der Waals surface area contributed by atoms with E-state index in [-0.39, 0.29) is 5.91 Å². The van der Waals surface area contributed by atoms with Crippen molar-refractivity contribution in [3.05, 3.63) is 59.2 Å². The zero-order valence-corrected chi connectivity index (χ0v) is 21.4. The normalized spacial score (nSPS) is 15.4. The van der Waals surface area contributed by atoms with Crippen molar-refractivity contribution < 1.29 is 19.1 Å². The lowest BCUT2D eigenvalue weighted by molar-refractivity contribution is 0.0342. The van der Waals surface area contributed by atoms with Crippen LogP contribution in [0.4, 0.5) is 27.7 Å². The summed E-state index contributed by atoms with van der Waals surface area (Å²) in [4.78, 5) is 40.0. The van der Waals surface area contributed by atoms with E-state index < -0.39 is 6.03 Å². The molecule has 190 valence electrons. The molecule has 0 spiro atoms. The summed E-state index contributed by atoms with van der Waals surface area (Å²) in [6.07, 6.45) is 1.38. The number of amides is 3. The van der Waals surface area contributed by atoms with Crippen LogP contribution in [-0.2, 0) is 11.3 Å². The van der Waals surface area contributed by atoms with Gasteiger partial charge in [0.2, 0.25) is 0 Å². The van der Waals surface area contributed by atoms with Crippen molar-refractivity contribution in [2.45, 2.75) is 6.54 Å².